The van der Waals surface area contributed by atoms with E-state index in [4.69, 9.17) is 4.74 Å². The highest BCUT2D eigenvalue weighted by Crippen LogP contribution is 2.22. The molecular weight excluding hydrogens is 219 g/mol. The van der Waals surface area contributed by atoms with Crippen LogP contribution in [0.25, 0.3) is 0 Å². The van der Waals surface area contributed by atoms with Gasteiger partial charge in [-0.25, -0.2) is 4.39 Å². The van der Waals surface area contributed by atoms with Crippen molar-refractivity contribution in [3.05, 3.63) is 36.7 Å². The van der Waals surface area contributed by atoms with Crippen molar-refractivity contribution in [2.75, 3.05) is 0 Å². The molecule has 0 saturated heterocycles. The molecule has 0 heterocycles. The summed E-state index contributed by atoms with van der Waals surface area (Å²) in [4.78, 5) is 11.7. The van der Waals surface area contributed by atoms with Crippen LogP contribution in [0.5, 0.6) is 0 Å². The topological polar surface area (TPSA) is 26.3 Å². The summed E-state index contributed by atoms with van der Waals surface area (Å²) in [7, 11) is 0. The molecule has 0 bridgehead atoms. The lowest BCUT2D eigenvalue weighted by atomic mass is 10.00. The van der Waals surface area contributed by atoms with Crippen molar-refractivity contribution in [3.63, 3.8) is 0 Å². The second-order valence-corrected chi connectivity index (χ2v) is 4.97. The summed E-state index contributed by atoms with van der Waals surface area (Å²) in [6.45, 7) is 13.8. The van der Waals surface area contributed by atoms with E-state index in [0.29, 0.717) is 5.57 Å². The zero-order valence-corrected chi connectivity index (χ0v) is 11.0. The zero-order valence-electron chi connectivity index (χ0n) is 11.0. The van der Waals surface area contributed by atoms with Crippen LogP contribution in [0.1, 0.15) is 34.1 Å². The molecule has 0 radical (unpaired) electrons. The minimum absolute atomic E-state index is 0.260. The first kappa shape index (κ1) is 15.6. The molecule has 0 aliphatic rings. The van der Waals surface area contributed by atoms with E-state index in [1.165, 1.54) is 12.2 Å². The van der Waals surface area contributed by atoms with E-state index in [0.717, 1.165) is 0 Å². The molecule has 0 spiro atoms. The molecule has 0 fully saturated rings. The second-order valence-electron chi connectivity index (χ2n) is 4.97. The fourth-order valence-corrected chi connectivity index (χ4v) is 1.23. The quantitative estimate of drug-likeness (QED) is 0.537. The SMILES string of the molecule is C=C/C=C(/C[C@H](C)C(=O)OC(C)(C)C)C(=C)F. The normalized spacial score (nSPS) is 14.1. The van der Waals surface area contributed by atoms with Gasteiger partial charge in [0.2, 0.25) is 0 Å². The first-order chi connectivity index (χ1) is 7.67. The number of hydrogen-bond donors (Lipinski definition) is 0. The van der Waals surface area contributed by atoms with Crippen LogP contribution in [0.3, 0.4) is 0 Å². The third-order valence-corrected chi connectivity index (χ3v) is 2.00. The average molecular weight is 240 g/mol. The van der Waals surface area contributed by atoms with Gasteiger partial charge in [0, 0.05) is 0 Å². The molecule has 2 nitrogen and oxygen atoms in total. The van der Waals surface area contributed by atoms with Crippen LogP contribution in [-0.4, -0.2) is 11.6 Å². The smallest absolute Gasteiger partial charge is 0.309 e. The van der Waals surface area contributed by atoms with Crippen molar-refractivity contribution < 1.29 is 13.9 Å². The monoisotopic (exact) mass is 240 g/mol. The Bertz CT molecular complexity index is 335. The Kier molecular flexibility index (Phi) is 5.86. The molecule has 0 aromatic rings. The Morgan fingerprint density at radius 3 is 2.35 bits per heavy atom. The van der Waals surface area contributed by atoms with Crippen LogP contribution in [0.15, 0.2) is 36.7 Å². The van der Waals surface area contributed by atoms with Gasteiger partial charge in [-0.2, -0.15) is 0 Å². The van der Waals surface area contributed by atoms with E-state index in [2.05, 4.69) is 13.2 Å². The Hall–Kier alpha value is -1.38. The molecule has 0 rings (SSSR count). The summed E-state index contributed by atoms with van der Waals surface area (Å²) >= 11 is 0. The maximum Gasteiger partial charge on any atom is 0.309 e. The molecule has 96 valence electrons. The molecule has 0 amide bonds. The Morgan fingerprint density at radius 2 is 2.00 bits per heavy atom. The molecule has 0 aliphatic heterocycles. The van der Waals surface area contributed by atoms with Gasteiger partial charge in [0.15, 0.2) is 0 Å². The lowest BCUT2D eigenvalue weighted by Gasteiger charge is -2.22. The van der Waals surface area contributed by atoms with Gasteiger partial charge in [0.1, 0.15) is 11.4 Å². The number of allylic oxidation sites excluding steroid dienone is 4. The molecule has 17 heavy (non-hydrogen) atoms. The van der Waals surface area contributed by atoms with Gasteiger partial charge in [0.05, 0.1) is 5.92 Å². The Morgan fingerprint density at radius 1 is 1.47 bits per heavy atom. The van der Waals surface area contributed by atoms with E-state index < -0.39 is 17.3 Å². The van der Waals surface area contributed by atoms with Crippen molar-refractivity contribution >= 4 is 5.97 Å². The average Bonchev–Trinajstić information content (AvgIpc) is 2.13. The predicted molar refractivity (Wildman–Crippen MR) is 68.2 cm³/mol. The number of rotatable bonds is 5. The lowest BCUT2D eigenvalue weighted by Crippen LogP contribution is -2.27. The molecule has 0 aliphatic carbocycles. The van der Waals surface area contributed by atoms with E-state index in [-0.39, 0.29) is 12.4 Å². The number of esters is 1. The molecule has 0 aromatic heterocycles. The summed E-state index contributed by atoms with van der Waals surface area (Å²) in [5.74, 6) is -1.29. The van der Waals surface area contributed by atoms with Crippen molar-refractivity contribution in [1.29, 1.82) is 0 Å². The molecule has 0 unspecified atom stereocenters. The molecule has 0 aromatic carbocycles. The van der Waals surface area contributed by atoms with Crippen LogP contribution in [0, 0.1) is 5.92 Å². The number of carbonyl (C=O) groups excluding carboxylic acids is 1. The van der Waals surface area contributed by atoms with E-state index in [9.17, 15) is 9.18 Å². The molecule has 0 N–H and O–H groups in total. The summed E-state index contributed by atoms with van der Waals surface area (Å²) in [6.07, 6.45) is 3.25. The van der Waals surface area contributed by atoms with Gasteiger partial charge in [-0.15, -0.1) is 0 Å². The molecule has 1 atom stereocenters. The van der Waals surface area contributed by atoms with Crippen LogP contribution in [0.2, 0.25) is 0 Å². The maximum absolute atomic E-state index is 13.1. The number of carbonyl (C=O) groups is 1. The predicted octanol–water partition coefficient (Wildman–Crippen LogP) is 3.95. The summed E-state index contributed by atoms with van der Waals surface area (Å²) < 4.78 is 18.3. The van der Waals surface area contributed by atoms with Gasteiger partial charge in [0.25, 0.3) is 0 Å². The van der Waals surface area contributed by atoms with Crippen molar-refractivity contribution in [2.24, 2.45) is 5.92 Å². The highest BCUT2D eigenvalue weighted by atomic mass is 19.1. The molecular formula is C14H21FO2. The number of hydrogen-bond acceptors (Lipinski definition) is 2. The second kappa shape index (κ2) is 6.38. The highest BCUT2D eigenvalue weighted by molar-refractivity contribution is 5.73. The third-order valence-electron chi connectivity index (χ3n) is 2.00. The minimum atomic E-state index is -0.541. The first-order valence-electron chi connectivity index (χ1n) is 5.56. The summed E-state index contributed by atoms with van der Waals surface area (Å²) in [5, 5.41) is 0. The Balaban J connectivity index is 4.57. The van der Waals surface area contributed by atoms with Gasteiger partial charge < -0.3 is 4.74 Å². The minimum Gasteiger partial charge on any atom is -0.460 e. The lowest BCUT2D eigenvalue weighted by molar-refractivity contribution is -0.159. The maximum atomic E-state index is 13.1. The van der Waals surface area contributed by atoms with E-state index in [1.54, 1.807) is 27.7 Å². The summed E-state index contributed by atoms with van der Waals surface area (Å²) in [6, 6.07) is 0. The van der Waals surface area contributed by atoms with Gasteiger partial charge >= 0.3 is 5.97 Å². The van der Waals surface area contributed by atoms with Crippen molar-refractivity contribution in [1.82, 2.24) is 0 Å². The van der Waals surface area contributed by atoms with E-state index in [1.807, 2.05) is 0 Å². The van der Waals surface area contributed by atoms with Gasteiger partial charge in [-0.1, -0.05) is 32.2 Å². The number of ether oxygens (including phenoxy) is 1. The molecule has 3 heteroatoms. The van der Waals surface area contributed by atoms with E-state index >= 15 is 0 Å². The largest absolute Gasteiger partial charge is 0.460 e. The van der Waals surface area contributed by atoms with Crippen LogP contribution < -0.4 is 0 Å². The van der Waals surface area contributed by atoms with Crippen molar-refractivity contribution in [3.8, 4) is 0 Å². The third kappa shape index (κ3) is 6.72. The van der Waals surface area contributed by atoms with Gasteiger partial charge in [-0.3, -0.25) is 4.79 Å². The van der Waals surface area contributed by atoms with Gasteiger partial charge in [-0.05, 0) is 32.8 Å². The first-order valence-corrected chi connectivity index (χ1v) is 5.56. The molecule has 0 saturated carbocycles. The fourth-order valence-electron chi connectivity index (χ4n) is 1.23. The van der Waals surface area contributed by atoms with Crippen LogP contribution in [-0.2, 0) is 9.53 Å². The number of halogens is 1. The standard InChI is InChI=1S/C14H21FO2/c1-7-8-12(11(3)15)9-10(2)13(16)17-14(4,5)6/h7-8,10H,1,3,9H2,2,4-6H3/b12-8-/t10-/m0/s1. The van der Waals surface area contributed by atoms with Crippen LogP contribution in [0.4, 0.5) is 4.39 Å². The van der Waals surface area contributed by atoms with Crippen molar-refractivity contribution in [2.45, 2.75) is 39.7 Å². The van der Waals surface area contributed by atoms with Crippen LogP contribution >= 0.6 is 0 Å². The fraction of sp³-hybridized carbons (Fsp3) is 0.500. The zero-order chi connectivity index (χ0) is 13.6. The highest BCUT2D eigenvalue weighted by Gasteiger charge is 2.22. The Labute approximate surface area is 103 Å². The summed E-state index contributed by atoms with van der Waals surface area (Å²) in [5.41, 5.74) is -0.154.